The van der Waals surface area contributed by atoms with Gasteiger partial charge >= 0.3 is 0 Å². The molecule has 1 rings (SSSR count). The van der Waals surface area contributed by atoms with Crippen LogP contribution in [0.3, 0.4) is 0 Å². The van der Waals surface area contributed by atoms with Crippen molar-refractivity contribution >= 4 is 8.32 Å². The second kappa shape index (κ2) is 4.68. The maximum Gasteiger partial charge on any atom is 0.192 e. The molecule has 0 N–H and O–H groups in total. The number of hydrogen-bond acceptors (Lipinski definition) is 2. The Morgan fingerprint density at radius 3 is 2.44 bits per heavy atom. The summed E-state index contributed by atoms with van der Waals surface area (Å²) < 4.78 is 6.16. The van der Waals surface area contributed by atoms with Gasteiger partial charge < -0.3 is 4.43 Å². The van der Waals surface area contributed by atoms with Crippen molar-refractivity contribution in [3.63, 3.8) is 0 Å². The van der Waals surface area contributed by atoms with Gasteiger partial charge in [0.15, 0.2) is 8.32 Å². The molecule has 16 heavy (non-hydrogen) atoms. The zero-order chi connectivity index (χ0) is 12.4. The third-order valence-electron chi connectivity index (χ3n) is 3.51. The number of pyridine rings is 1. The summed E-state index contributed by atoms with van der Waals surface area (Å²) in [5.41, 5.74) is 2.27. The smallest absolute Gasteiger partial charge is 0.192 e. The van der Waals surface area contributed by atoms with E-state index in [9.17, 15) is 0 Å². The van der Waals surface area contributed by atoms with E-state index in [0.717, 1.165) is 5.69 Å². The molecule has 0 saturated heterocycles. The van der Waals surface area contributed by atoms with Crippen LogP contribution in [0.2, 0.25) is 18.1 Å². The highest BCUT2D eigenvalue weighted by Crippen LogP contribution is 2.37. The molecule has 0 spiro atoms. The Morgan fingerprint density at radius 2 is 1.94 bits per heavy atom. The summed E-state index contributed by atoms with van der Waals surface area (Å²) in [7, 11) is -1.64. The third kappa shape index (κ3) is 3.16. The van der Waals surface area contributed by atoms with Crippen LogP contribution in [0.15, 0.2) is 18.3 Å². The van der Waals surface area contributed by atoms with Gasteiger partial charge in [0, 0.05) is 11.9 Å². The first-order chi connectivity index (χ1) is 7.24. The van der Waals surface area contributed by atoms with Gasteiger partial charge in [-0.05, 0) is 36.7 Å². The first kappa shape index (κ1) is 13.4. The minimum absolute atomic E-state index is 0.267. The summed E-state index contributed by atoms with van der Waals surface area (Å²) in [5.74, 6) is 0. The van der Waals surface area contributed by atoms with Crippen molar-refractivity contribution < 1.29 is 4.43 Å². The van der Waals surface area contributed by atoms with Gasteiger partial charge in [-0.1, -0.05) is 26.8 Å². The van der Waals surface area contributed by atoms with Gasteiger partial charge in [-0.15, -0.1) is 0 Å². The topological polar surface area (TPSA) is 22.1 Å². The lowest BCUT2D eigenvalue weighted by atomic mass is 10.2. The highest BCUT2D eigenvalue weighted by molar-refractivity contribution is 6.74. The van der Waals surface area contributed by atoms with Gasteiger partial charge in [0.05, 0.1) is 6.61 Å². The molecule has 3 heteroatoms. The van der Waals surface area contributed by atoms with Gasteiger partial charge in [-0.25, -0.2) is 0 Å². The van der Waals surface area contributed by atoms with Crippen molar-refractivity contribution in [2.45, 2.75) is 52.4 Å². The summed E-state index contributed by atoms with van der Waals surface area (Å²) >= 11 is 0. The molecule has 1 heterocycles. The average Bonchev–Trinajstić information content (AvgIpc) is 2.15. The highest BCUT2D eigenvalue weighted by atomic mass is 28.4. The van der Waals surface area contributed by atoms with Crippen LogP contribution < -0.4 is 0 Å². The van der Waals surface area contributed by atoms with Crippen LogP contribution in [-0.2, 0) is 11.0 Å². The van der Waals surface area contributed by atoms with E-state index < -0.39 is 8.32 Å². The SMILES string of the molecule is Cc1ncccc1CO[Si](C)(C)C(C)(C)C. The molecule has 90 valence electrons. The van der Waals surface area contributed by atoms with E-state index >= 15 is 0 Å². The van der Waals surface area contributed by atoms with Crippen molar-refractivity contribution in [3.05, 3.63) is 29.6 Å². The molecule has 0 aromatic carbocycles. The first-order valence-electron chi connectivity index (χ1n) is 5.78. The van der Waals surface area contributed by atoms with Gasteiger partial charge in [0.2, 0.25) is 0 Å². The highest BCUT2D eigenvalue weighted by Gasteiger charge is 2.37. The number of rotatable bonds is 3. The van der Waals surface area contributed by atoms with E-state index in [1.54, 1.807) is 0 Å². The minimum Gasteiger partial charge on any atom is -0.412 e. The van der Waals surface area contributed by atoms with Crippen LogP contribution in [0.4, 0.5) is 0 Å². The summed E-state index contributed by atoms with van der Waals surface area (Å²) in [5, 5.41) is 0.267. The first-order valence-corrected chi connectivity index (χ1v) is 8.69. The predicted octanol–water partition coefficient (Wildman–Crippen LogP) is 3.91. The lowest BCUT2D eigenvalue weighted by Gasteiger charge is -2.36. The van der Waals surface area contributed by atoms with E-state index in [-0.39, 0.29) is 5.04 Å². The fourth-order valence-electron chi connectivity index (χ4n) is 1.14. The van der Waals surface area contributed by atoms with Crippen LogP contribution >= 0.6 is 0 Å². The number of nitrogens with zero attached hydrogens (tertiary/aromatic N) is 1. The standard InChI is InChI=1S/C13H23NOSi/c1-11-12(8-7-9-14-11)10-15-16(5,6)13(2,3)4/h7-9H,10H2,1-6H3. The Balaban J connectivity index is 2.69. The molecule has 2 nitrogen and oxygen atoms in total. The van der Waals surface area contributed by atoms with Gasteiger partial charge in [0.1, 0.15) is 0 Å². The molecule has 0 aliphatic heterocycles. The summed E-state index contributed by atoms with van der Waals surface area (Å²) in [6.07, 6.45) is 1.82. The molecule has 0 atom stereocenters. The second-order valence-corrected chi connectivity index (χ2v) is 10.6. The van der Waals surface area contributed by atoms with E-state index in [4.69, 9.17) is 4.43 Å². The molecule has 0 fully saturated rings. The van der Waals surface area contributed by atoms with E-state index in [2.05, 4.69) is 44.9 Å². The molecule has 0 saturated carbocycles. The molecule has 0 amide bonds. The van der Waals surface area contributed by atoms with Crippen molar-refractivity contribution in [1.82, 2.24) is 4.98 Å². The van der Waals surface area contributed by atoms with E-state index in [1.165, 1.54) is 5.56 Å². The van der Waals surface area contributed by atoms with Crippen molar-refractivity contribution in [1.29, 1.82) is 0 Å². The monoisotopic (exact) mass is 237 g/mol. The lowest BCUT2D eigenvalue weighted by molar-refractivity contribution is 0.275. The Bertz CT molecular complexity index is 355. The summed E-state index contributed by atoms with van der Waals surface area (Å²) in [6.45, 7) is 14.1. The van der Waals surface area contributed by atoms with Gasteiger partial charge in [-0.3, -0.25) is 4.98 Å². The molecule has 0 aliphatic carbocycles. The fourth-order valence-corrected chi connectivity index (χ4v) is 2.09. The Hall–Kier alpha value is -0.673. The summed E-state index contributed by atoms with van der Waals surface area (Å²) in [6, 6.07) is 4.06. The normalized spacial score (nSPS) is 12.9. The zero-order valence-electron chi connectivity index (χ0n) is 11.3. The molecule has 1 aromatic rings. The Labute approximate surface area is 100 Å². The molecule has 0 unspecified atom stereocenters. The molecular formula is C13H23NOSi. The van der Waals surface area contributed by atoms with E-state index in [0.29, 0.717) is 6.61 Å². The maximum atomic E-state index is 6.16. The minimum atomic E-state index is -1.64. The molecular weight excluding hydrogens is 214 g/mol. The molecule has 1 aromatic heterocycles. The van der Waals surface area contributed by atoms with Crippen molar-refractivity contribution in [3.8, 4) is 0 Å². The van der Waals surface area contributed by atoms with Gasteiger partial charge in [-0.2, -0.15) is 0 Å². The van der Waals surface area contributed by atoms with Gasteiger partial charge in [0.25, 0.3) is 0 Å². The van der Waals surface area contributed by atoms with Crippen LogP contribution in [-0.4, -0.2) is 13.3 Å². The number of aromatic nitrogens is 1. The predicted molar refractivity (Wildman–Crippen MR) is 71.0 cm³/mol. The van der Waals surface area contributed by atoms with Crippen LogP contribution in [0.25, 0.3) is 0 Å². The fraction of sp³-hybridized carbons (Fsp3) is 0.615. The third-order valence-corrected chi connectivity index (χ3v) is 7.99. The maximum absolute atomic E-state index is 6.16. The van der Waals surface area contributed by atoms with Crippen LogP contribution in [0.1, 0.15) is 32.0 Å². The largest absolute Gasteiger partial charge is 0.412 e. The molecule has 0 bridgehead atoms. The average molecular weight is 237 g/mol. The van der Waals surface area contributed by atoms with Crippen LogP contribution in [0, 0.1) is 6.92 Å². The zero-order valence-corrected chi connectivity index (χ0v) is 12.3. The number of hydrogen-bond donors (Lipinski definition) is 0. The second-order valence-electron chi connectivity index (χ2n) is 5.80. The quantitative estimate of drug-likeness (QED) is 0.744. The Kier molecular flexibility index (Phi) is 3.91. The molecule has 0 radical (unpaired) electrons. The lowest BCUT2D eigenvalue weighted by Crippen LogP contribution is -2.40. The summed E-state index contributed by atoms with van der Waals surface area (Å²) in [4.78, 5) is 4.28. The molecule has 0 aliphatic rings. The number of aryl methyl sites for hydroxylation is 1. The van der Waals surface area contributed by atoms with Crippen LogP contribution in [0.5, 0.6) is 0 Å². The Morgan fingerprint density at radius 1 is 1.31 bits per heavy atom. The van der Waals surface area contributed by atoms with Crippen molar-refractivity contribution in [2.75, 3.05) is 0 Å². The van der Waals surface area contributed by atoms with E-state index in [1.807, 2.05) is 19.2 Å². The van der Waals surface area contributed by atoms with Crippen molar-refractivity contribution in [2.24, 2.45) is 0 Å².